The molecule has 23 heavy (non-hydrogen) atoms. The Labute approximate surface area is 136 Å². The lowest BCUT2D eigenvalue weighted by molar-refractivity contribution is -0.142. The zero-order valence-electron chi connectivity index (χ0n) is 13.1. The van der Waals surface area contributed by atoms with E-state index in [0.29, 0.717) is 25.8 Å². The highest BCUT2D eigenvalue weighted by molar-refractivity contribution is 7.90. The van der Waals surface area contributed by atoms with Gasteiger partial charge in [0.05, 0.1) is 17.1 Å². The summed E-state index contributed by atoms with van der Waals surface area (Å²) in [4.78, 5) is 24.8. The number of aliphatic carboxylic acids is 1. The molecule has 2 N–H and O–H groups in total. The average molecular weight is 344 g/mol. The molecule has 8 heteroatoms. The Morgan fingerprint density at radius 1 is 1.04 bits per heavy atom. The molecule has 7 nitrogen and oxygen atoms in total. The number of rotatable bonds is 5. The van der Waals surface area contributed by atoms with Gasteiger partial charge in [0.25, 0.3) is 0 Å². The number of carbonyl (C=O) groups excluding carboxylic acids is 1. The van der Waals surface area contributed by atoms with Crippen LogP contribution in [-0.2, 0) is 19.6 Å². The second-order valence-electron chi connectivity index (χ2n) is 6.98. The third kappa shape index (κ3) is 3.68. The van der Waals surface area contributed by atoms with Crippen LogP contribution in [0.3, 0.4) is 0 Å². The van der Waals surface area contributed by atoms with Crippen molar-refractivity contribution < 1.29 is 23.1 Å². The van der Waals surface area contributed by atoms with Gasteiger partial charge in [-0.3, -0.25) is 9.59 Å². The van der Waals surface area contributed by atoms with E-state index >= 15 is 0 Å². The summed E-state index contributed by atoms with van der Waals surface area (Å²) < 4.78 is 27.8. The molecule has 0 radical (unpaired) electrons. The molecule has 0 spiro atoms. The molecule has 3 aliphatic rings. The van der Waals surface area contributed by atoms with Crippen LogP contribution in [0.2, 0.25) is 0 Å². The third-order valence-corrected chi connectivity index (χ3v) is 7.16. The number of hydrogen-bond donors (Lipinski definition) is 2. The van der Waals surface area contributed by atoms with Crippen molar-refractivity contribution in [1.29, 1.82) is 0 Å². The Kier molecular flexibility index (Phi) is 4.64. The van der Waals surface area contributed by atoms with E-state index in [1.807, 2.05) is 0 Å². The van der Waals surface area contributed by atoms with Crippen molar-refractivity contribution in [2.24, 2.45) is 11.8 Å². The maximum absolute atomic E-state index is 12.5. The first-order valence-corrected chi connectivity index (χ1v) is 9.96. The van der Waals surface area contributed by atoms with Crippen LogP contribution in [-0.4, -0.2) is 54.7 Å². The average Bonchev–Trinajstić information content (AvgIpc) is 3.18. The molecule has 0 aromatic heterocycles. The fourth-order valence-electron chi connectivity index (χ4n) is 3.74. The Hall–Kier alpha value is -1.15. The predicted octanol–water partition coefficient (Wildman–Crippen LogP) is 0.560. The lowest BCUT2D eigenvalue weighted by atomic mass is 10.1. The molecule has 3 rings (SSSR count). The SMILES string of the molecule is O=C(O)[C@@H]1C[C@H]1C(=O)N1CCC[C@H](S(=O)(=O)NC2CCCC2)C1. The van der Waals surface area contributed by atoms with Crippen LogP contribution >= 0.6 is 0 Å². The molecule has 3 fully saturated rings. The van der Waals surface area contributed by atoms with Gasteiger partial charge in [-0.05, 0) is 32.1 Å². The molecular weight excluding hydrogens is 320 g/mol. The van der Waals surface area contributed by atoms with Gasteiger partial charge >= 0.3 is 5.97 Å². The fraction of sp³-hybridized carbons (Fsp3) is 0.867. The number of carbonyl (C=O) groups is 2. The first kappa shape index (κ1) is 16.7. The lowest BCUT2D eigenvalue weighted by Gasteiger charge is -2.33. The van der Waals surface area contributed by atoms with Crippen molar-refractivity contribution >= 4 is 21.9 Å². The number of nitrogens with zero attached hydrogens (tertiary/aromatic N) is 1. The molecule has 1 aliphatic heterocycles. The van der Waals surface area contributed by atoms with E-state index in [2.05, 4.69) is 4.72 Å². The van der Waals surface area contributed by atoms with Crippen molar-refractivity contribution in [2.45, 2.75) is 56.2 Å². The summed E-state index contributed by atoms with van der Waals surface area (Å²) in [5, 5.41) is 8.35. The lowest BCUT2D eigenvalue weighted by Crippen LogP contribution is -2.50. The molecular formula is C15H24N2O5S. The number of amides is 1. The highest BCUT2D eigenvalue weighted by atomic mass is 32.2. The number of likely N-dealkylation sites (tertiary alicyclic amines) is 1. The van der Waals surface area contributed by atoms with Crippen LogP contribution in [0.4, 0.5) is 0 Å². The Balaban J connectivity index is 1.59. The van der Waals surface area contributed by atoms with Gasteiger partial charge in [-0.25, -0.2) is 13.1 Å². The highest BCUT2D eigenvalue weighted by Crippen LogP contribution is 2.40. The van der Waals surface area contributed by atoms with Gasteiger partial charge in [0.15, 0.2) is 0 Å². The van der Waals surface area contributed by atoms with Crippen LogP contribution in [0.25, 0.3) is 0 Å². The summed E-state index contributed by atoms with van der Waals surface area (Å²) in [5.74, 6) is -2.18. The van der Waals surface area contributed by atoms with Crippen LogP contribution in [0, 0.1) is 11.8 Å². The van der Waals surface area contributed by atoms with Gasteiger partial charge in [0.2, 0.25) is 15.9 Å². The molecule has 1 amide bonds. The van der Waals surface area contributed by atoms with Crippen molar-refractivity contribution in [3.05, 3.63) is 0 Å². The Morgan fingerprint density at radius 2 is 1.74 bits per heavy atom. The van der Waals surface area contributed by atoms with Gasteiger partial charge in [-0.1, -0.05) is 12.8 Å². The van der Waals surface area contributed by atoms with Gasteiger partial charge in [-0.2, -0.15) is 0 Å². The maximum atomic E-state index is 12.5. The second-order valence-corrected chi connectivity index (χ2v) is 8.97. The normalized spacial score (nSPS) is 32.0. The number of carboxylic acids is 1. The Bertz CT molecular complexity index is 585. The van der Waals surface area contributed by atoms with E-state index in [1.54, 1.807) is 4.90 Å². The number of nitrogens with one attached hydrogen (secondary N) is 1. The fourth-order valence-corrected chi connectivity index (χ4v) is 5.49. The topological polar surface area (TPSA) is 104 Å². The van der Waals surface area contributed by atoms with E-state index < -0.39 is 33.1 Å². The molecule has 0 bridgehead atoms. The van der Waals surface area contributed by atoms with Gasteiger partial charge in [0.1, 0.15) is 0 Å². The summed E-state index contributed by atoms with van der Waals surface area (Å²) in [6.07, 6.45) is 5.46. The minimum atomic E-state index is -3.43. The number of piperidine rings is 1. The van der Waals surface area contributed by atoms with Crippen LogP contribution in [0.15, 0.2) is 0 Å². The molecule has 130 valence electrons. The molecule has 0 aromatic carbocycles. The minimum absolute atomic E-state index is 0.0332. The third-order valence-electron chi connectivity index (χ3n) is 5.24. The quantitative estimate of drug-likeness (QED) is 0.758. The molecule has 0 unspecified atom stereocenters. The molecule has 2 saturated carbocycles. The summed E-state index contributed by atoms with van der Waals surface area (Å²) in [7, 11) is -3.43. The predicted molar refractivity (Wildman–Crippen MR) is 83.1 cm³/mol. The number of sulfonamides is 1. The van der Waals surface area contributed by atoms with Crippen molar-refractivity contribution in [3.8, 4) is 0 Å². The van der Waals surface area contributed by atoms with E-state index in [0.717, 1.165) is 25.7 Å². The zero-order chi connectivity index (χ0) is 16.6. The van der Waals surface area contributed by atoms with E-state index in [1.165, 1.54) is 0 Å². The van der Waals surface area contributed by atoms with E-state index in [4.69, 9.17) is 5.11 Å². The standard InChI is InChI=1S/C15H24N2O5S/c18-14(12-8-13(12)15(19)20)17-7-3-6-11(9-17)23(21,22)16-10-4-1-2-5-10/h10-13,16H,1-9H2,(H,19,20)/t11-,12+,13+/m0/s1. The first-order valence-electron chi connectivity index (χ1n) is 8.41. The van der Waals surface area contributed by atoms with E-state index in [9.17, 15) is 18.0 Å². The summed E-state index contributed by atoms with van der Waals surface area (Å²) in [6, 6.07) is 0.0332. The molecule has 1 saturated heterocycles. The zero-order valence-corrected chi connectivity index (χ0v) is 13.9. The van der Waals surface area contributed by atoms with Crippen LogP contribution < -0.4 is 4.72 Å². The molecule has 3 atom stereocenters. The summed E-state index contributed by atoms with van der Waals surface area (Å²) in [6.45, 7) is 0.709. The first-order chi connectivity index (χ1) is 10.9. The summed E-state index contributed by atoms with van der Waals surface area (Å²) in [5.41, 5.74) is 0. The second kappa shape index (κ2) is 6.39. The Morgan fingerprint density at radius 3 is 2.35 bits per heavy atom. The van der Waals surface area contributed by atoms with Gasteiger partial charge < -0.3 is 10.0 Å². The minimum Gasteiger partial charge on any atom is -0.481 e. The van der Waals surface area contributed by atoms with Crippen molar-refractivity contribution in [2.75, 3.05) is 13.1 Å². The monoisotopic (exact) mass is 344 g/mol. The molecule has 0 aromatic rings. The van der Waals surface area contributed by atoms with Gasteiger partial charge in [0, 0.05) is 19.1 Å². The highest BCUT2D eigenvalue weighted by Gasteiger charge is 2.50. The smallest absolute Gasteiger partial charge is 0.307 e. The van der Waals surface area contributed by atoms with E-state index in [-0.39, 0.29) is 18.5 Å². The largest absolute Gasteiger partial charge is 0.481 e. The maximum Gasteiger partial charge on any atom is 0.307 e. The number of carboxylic acid groups (broad SMARTS) is 1. The van der Waals surface area contributed by atoms with Crippen molar-refractivity contribution in [1.82, 2.24) is 9.62 Å². The molecule has 2 aliphatic carbocycles. The van der Waals surface area contributed by atoms with Crippen LogP contribution in [0.5, 0.6) is 0 Å². The summed E-state index contributed by atoms with van der Waals surface area (Å²) >= 11 is 0. The van der Waals surface area contributed by atoms with Crippen molar-refractivity contribution in [3.63, 3.8) is 0 Å². The van der Waals surface area contributed by atoms with Gasteiger partial charge in [-0.15, -0.1) is 0 Å². The molecule has 1 heterocycles. The van der Waals surface area contributed by atoms with Crippen LogP contribution in [0.1, 0.15) is 44.9 Å². The number of hydrogen-bond acceptors (Lipinski definition) is 4.